The van der Waals surface area contributed by atoms with E-state index in [9.17, 15) is 13.6 Å². The monoisotopic (exact) mass is 210 g/mol. The summed E-state index contributed by atoms with van der Waals surface area (Å²) in [6.07, 6.45) is 2.61. The lowest BCUT2D eigenvalue weighted by molar-refractivity contribution is -0.120. The van der Waals surface area contributed by atoms with Crippen molar-refractivity contribution in [1.82, 2.24) is 0 Å². The summed E-state index contributed by atoms with van der Waals surface area (Å²) >= 11 is 0. The molecule has 1 saturated carbocycles. The Morgan fingerprint density at radius 1 is 1.27 bits per heavy atom. The molecule has 0 heterocycles. The van der Waals surface area contributed by atoms with Crippen LogP contribution in [0.2, 0.25) is 0 Å². The summed E-state index contributed by atoms with van der Waals surface area (Å²) in [6.45, 7) is 0. The minimum absolute atomic E-state index is 0.0631. The third-order valence-electron chi connectivity index (χ3n) is 2.88. The van der Waals surface area contributed by atoms with E-state index in [0.717, 1.165) is 18.9 Å². The smallest absolute Gasteiger partial charge is 0.133 e. The van der Waals surface area contributed by atoms with Crippen LogP contribution in [-0.4, -0.2) is 5.78 Å². The largest absolute Gasteiger partial charge is 0.300 e. The van der Waals surface area contributed by atoms with Gasteiger partial charge in [-0.2, -0.15) is 0 Å². The molecule has 1 aliphatic carbocycles. The molecule has 80 valence electrons. The second-order valence-electron chi connectivity index (χ2n) is 4.00. The van der Waals surface area contributed by atoms with E-state index in [2.05, 4.69) is 0 Å². The first-order valence-electron chi connectivity index (χ1n) is 5.13. The summed E-state index contributed by atoms with van der Waals surface area (Å²) in [5.41, 5.74) is 0.476. The Labute approximate surface area is 87.1 Å². The average Bonchev–Trinajstić information content (AvgIpc) is 2.17. The highest BCUT2D eigenvalue weighted by molar-refractivity contribution is 5.80. The van der Waals surface area contributed by atoms with Crippen molar-refractivity contribution in [2.75, 3.05) is 0 Å². The molecule has 1 atom stereocenters. The van der Waals surface area contributed by atoms with Crippen LogP contribution in [-0.2, 0) is 4.79 Å². The fourth-order valence-corrected chi connectivity index (χ4v) is 2.12. The number of carbonyl (C=O) groups is 1. The minimum atomic E-state index is -0.571. The predicted octanol–water partition coefficient (Wildman–Crippen LogP) is 3.19. The van der Waals surface area contributed by atoms with Gasteiger partial charge >= 0.3 is 0 Å². The first-order valence-corrected chi connectivity index (χ1v) is 5.13. The molecule has 0 N–H and O–H groups in total. The van der Waals surface area contributed by atoms with E-state index in [1.165, 1.54) is 12.1 Å². The highest BCUT2D eigenvalue weighted by Crippen LogP contribution is 2.32. The number of Topliss-reactive ketones (excluding diaryl/α,β-unsaturated/α-hetero) is 1. The number of ketones is 1. The van der Waals surface area contributed by atoms with E-state index in [1.54, 1.807) is 0 Å². The quantitative estimate of drug-likeness (QED) is 0.695. The van der Waals surface area contributed by atoms with Gasteiger partial charge in [-0.1, -0.05) is 6.07 Å². The van der Waals surface area contributed by atoms with Crippen LogP contribution in [0.25, 0.3) is 0 Å². The number of hydrogen-bond acceptors (Lipinski definition) is 1. The summed E-state index contributed by atoms with van der Waals surface area (Å²) in [6, 6.07) is 3.58. The molecule has 1 nitrogen and oxygen atoms in total. The molecular formula is C12H12F2O. The zero-order chi connectivity index (χ0) is 10.8. The summed E-state index contributed by atoms with van der Waals surface area (Å²) in [7, 11) is 0. The van der Waals surface area contributed by atoms with Gasteiger partial charge in [-0.05, 0) is 30.4 Å². The Bertz CT molecular complexity index is 387. The molecule has 15 heavy (non-hydrogen) atoms. The molecule has 0 saturated heterocycles. The zero-order valence-corrected chi connectivity index (χ0v) is 8.30. The number of benzene rings is 1. The van der Waals surface area contributed by atoms with Crippen molar-refractivity contribution < 1.29 is 13.6 Å². The van der Waals surface area contributed by atoms with Crippen LogP contribution in [0.5, 0.6) is 0 Å². The molecule has 1 aromatic rings. The molecule has 0 radical (unpaired) electrons. The summed E-state index contributed by atoms with van der Waals surface area (Å²) in [4.78, 5) is 11.2. The summed E-state index contributed by atoms with van der Waals surface area (Å²) in [5.74, 6) is -0.991. The topological polar surface area (TPSA) is 17.1 Å². The molecule has 0 aromatic heterocycles. The van der Waals surface area contributed by atoms with E-state index < -0.39 is 11.6 Å². The molecule has 1 aromatic carbocycles. The second kappa shape index (κ2) is 4.09. The summed E-state index contributed by atoms with van der Waals surface area (Å²) < 4.78 is 26.1. The molecule has 0 amide bonds. The molecule has 1 aliphatic rings. The lowest BCUT2D eigenvalue weighted by Crippen LogP contribution is -2.14. The van der Waals surface area contributed by atoms with E-state index >= 15 is 0 Å². The van der Waals surface area contributed by atoms with Gasteiger partial charge in [0.25, 0.3) is 0 Å². The van der Waals surface area contributed by atoms with E-state index in [0.29, 0.717) is 18.4 Å². The second-order valence-corrected chi connectivity index (χ2v) is 4.00. The van der Waals surface area contributed by atoms with Gasteiger partial charge in [-0.25, -0.2) is 8.78 Å². The highest BCUT2D eigenvalue weighted by Gasteiger charge is 2.23. The van der Waals surface area contributed by atoms with Crippen molar-refractivity contribution in [1.29, 1.82) is 0 Å². The van der Waals surface area contributed by atoms with Gasteiger partial charge in [-0.3, -0.25) is 4.79 Å². The maximum atomic E-state index is 13.4. The SMILES string of the molecule is O=C1CCCC(c2ccc(F)cc2F)C1. The molecule has 0 bridgehead atoms. The standard InChI is InChI=1S/C12H12F2O/c13-9-4-5-11(12(14)7-9)8-2-1-3-10(15)6-8/h4-5,7-8H,1-3,6H2. The third kappa shape index (κ3) is 2.22. The minimum Gasteiger partial charge on any atom is -0.300 e. The third-order valence-corrected chi connectivity index (χ3v) is 2.88. The van der Waals surface area contributed by atoms with E-state index in [4.69, 9.17) is 0 Å². The van der Waals surface area contributed by atoms with Gasteiger partial charge in [0.05, 0.1) is 0 Å². The number of carbonyl (C=O) groups excluding carboxylic acids is 1. The number of rotatable bonds is 1. The molecule has 1 fully saturated rings. The highest BCUT2D eigenvalue weighted by atomic mass is 19.1. The maximum absolute atomic E-state index is 13.4. The Morgan fingerprint density at radius 3 is 2.73 bits per heavy atom. The maximum Gasteiger partial charge on any atom is 0.133 e. The normalized spacial score (nSPS) is 21.7. The van der Waals surface area contributed by atoms with Gasteiger partial charge in [0, 0.05) is 18.9 Å². The van der Waals surface area contributed by atoms with Gasteiger partial charge in [0.2, 0.25) is 0 Å². The van der Waals surface area contributed by atoms with Crippen molar-refractivity contribution in [3.05, 3.63) is 35.4 Å². The Morgan fingerprint density at radius 2 is 2.07 bits per heavy atom. The molecule has 1 unspecified atom stereocenters. The number of hydrogen-bond donors (Lipinski definition) is 0. The van der Waals surface area contributed by atoms with E-state index in [-0.39, 0.29) is 11.7 Å². The van der Waals surface area contributed by atoms with Crippen LogP contribution in [0.3, 0.4) is 0 Å². The fraction of sp³-hybridized carbons (Fsp3) is 0.417. The lowest BCUT2D eigenvalue weighted by Gasteiger charge is -2.21. The van der Waals surface area contributed by atoms with Crippen molar-refractivity contribution in [2.24, 2.45) is 0 Å². The Balaban J connectivity index is 2.24. The van der Waals surface area contributed by atoms with Crippen molar-refractivity contribution in [3.8, 4) is 0 Å². The van der Waals surface area contributed by atoms with E-state index in [1.807, 2.05) is 0 Å². The Hall–Kier alpha value is -1.25. The van der Waals surface area contributed by atoms with Crippen molar-refractivity contribution in [2.45, 2.75) is 31.6 Å². The Kier molecular flexibility index (Phi) is 2.80. The average molecular weight is 210 g/mol. The molecule has 0 aliphatic heterocycles. The van der Waals surface area contributed by atoms with Crippen LogP contribution < -0.4 is 0 Å². The molecular weight excluding hydrogens is 198 g/mol. The van der Waals surface area contributed by atoms with Gasteiger partial charge in [-0.15, -0.1) is 0 Å². The predicted molar refractivity (Wildman–Crippen MR) is 52.6 cm³/mol. The van der Waals surface area contributed by atoms with Crippen LogP contribution in [0.1, 0.15) is 37.2 Å². The van der Waals surface area contributed by atoms with Crippen molar-refractivity contribution >= 4 is 5.78 Å². The first-order chi connectivity index (χ1) is 7.16. The fourth-order valence-electron chi connectivity index (χ4n) is 2.12. The molecule has 3 heteroatoms. The van der Waals surface area contributed by atoms with Crippen LogP contribution in [0, 0.1) is 11.6 Å². The zero-order valence-electron chi connectivity index (χ0n) is 8.30. The number of halogens is 2. The van der Waals surface area contributed by atoms with Gasteiger partial charge in [0.15, 0.2) is 0 Å². The van der Waals surface area contributed by atoms with Crippen LogP contribution in [0.4, 0.5) is 8.78 Å². The van der Waals surface area contributed by atoms with Gasteiger partial charge < -0.3 is 0 Å². The molecule has 0 spiro atoms. The van der Waals surface area contributed by atoms with Crippen LogP contribution in [0.15, 0.2) is 18.2 Å². The summed E-state index contributed by atoms with van der Waals surface area (Å²) in [5, 5.41) is 0. The molecule has 2 rings (SSSR count). The lowest BCUT2D eigenvalue weighted by atomic mass is 9.83. The first kappa shape index (κ1) is 10.3. The van der Waals surface area contributed by atoms with Crippen molar-refractivity contribution in [3.63, 3.8) is 0 Å². The van der Waals surface area contributed by atoms with Gasteiger partial charge in [0.1, 0.15) is 17.4 Å². The van der Waals surface area contributed by atoms with Crippen LogP contribution >= 0.6 is 0 Å².